The van der Waals surface area contributed by atoms with E-state index < -0.39 is 11.6 Å². The van der Waals surface area contributed by atoms with Crippen molar-refractivity contribution in [1.29, 1.82) is 0 Å². The van der Waals surface area contributed by atoms with Crippen molar-refractivity contribution in [3.8, 4) is 0 Å². The van der Waals surface area contributed by atoms with Crippen molar-refractivity contribution < 1.29 is 18.3 Å². The Morgan fingerprint density at radius 3 is 2.14 bits per heavy atom. The van der Waals surface area contributed by atoms with Crippen molar-refractivity contribution >= 4 is 5.97 Å². The molecule has 1 unspecified atom stereocenters. The van der Waals surface area contributed by atoms with E-state index in [0.717, 1.165) is 49.5 Å². The Kier molecular flexibility index (Phi) is 7.48. The van der Waals surface area contributed by atoms with Gasteiger partial charge in [-0.05, 0) is 106 Å². The fourth-order valence-corrected chi connectivity index (χ4v) is 5.43. The molecule has 2 aliphatic rings. The Balaban J connectivity index is 1.47. The van der Waals surface area contributed by atoms with E-state index in [0.29, 0.717) is 17.4 Å². The van der Waals surface area contributed by atoms with E-state index in [9.17, 15) is 13.6 Å². The molecule has 0 radical (unpaired) electrons. The van der Waals surface area contributed by atoms with E-state index in [-0.39, 0.29) is 12.1 Å². The SMILES string of the molecule is C=C(C)C(=O)OC(CC)C1CCC(C2CCC(c3ccc(F)c(F)c3)CC2)CC1. The molecule has 2 saturated carbocycles. The Hall–Kier alpha value is -1.71. The van der Waals surface area contributed by atoms with Crippen LogP contribution in [0.3, 0.4) is 0 Å². The van der Waals surface area contributed by atoms with Gasteiger partial charge in [-0.15, -0.1) is 0 Å². The summed E-state index contributed by atoms with van der Waals surface area (Å²) in [4.78, 5) is 11.9. The number of carbonyl (C=O) groups is 1. The molecule has 0 N–H and O–H groups in total. The van der Waals surface area contributed by atoms with Gasteiger partial charge < -0.3 is 4.74 Å². The fourth-order valence-electron chi connectivity index (χ4n) is 5.43. The first-order valence-electron chi connectivity index (χ1n) is 11.2. The molecule has 0 heterocycles. The second-order valence-corrected chi connectivity index (χ2v) is 9.09. The molecule has 2 aliphatic carbocycles. The highest BCUT2D eigenvalue weighted by molar-refractivity contribution is 5.87. The standard InChI is InChI=1S/C25H34F2O2/c1-4-24(29-25(28)16(2)3)20-11-9-18(10-12-20)17-5-7-19(8-6-17)21-13-14-22(26)23(27)15-21/h13-15,17-20,24H,2,4-12H2,1,3H3. The molecular formula is C25H34F2O2. The molecule has 0 bridgehead atoms. The van der Waals surface area contributed by atoms with Crippen LogP contribution in [0.2, 0.25) is 0 Å². The normalized spacial score (nSPS) is 28.6. The average Bonchev–Trinajstić information content (AvgIpc) is 2.74. The van der Waals surface area contributed by atoms with Crippen molar-refractivity contribution in [2.45, 2.75) is 83.7 Å². The van der Waals surface area contributed by atoms with Crippen LogP contribution in [0.15, 0.2) is 30.4 Å². The lowest BCUT2D eigenvalue weighted by Gasteiger charge is -2.39. The molecule has 0 spiro atoms. The summed E-state index contributed by atoms with van der Waals surface area (Å²) in [6, 6.07) is 4.37. The largest absolute Gasteiger partial charge is 0.459 e. The summed E-state index contributed by atoms with van der Waals surface area (Å²) in [6.07, 6.45) is 9.95. The van der Waals surface area contributed by atoms with Gasteiger partial charge in [0.25, 0.3) is 0 Å². The number of halogens is 2. The zero-order valence-corrected chi connectivity index (χ0v) is 17.8. The minimum absolute atomic E-state index is 0.00394. The van der Waals surface area contributed by atoms with Crippen molar-refractivity contribution in [3.63, 3.8) is 0 Å². The molecule has 0 amide bonds. The number of benzene rings is 1. The predicted molar refractivity (Wildman–Crippen MR) is 111 cm³/mol. The summed E-state index contributed by atoms with van der Waals surface area (Å²) in [6.45, 7) is 7.47. The lowest BCUT2D eigenvalue weighted by molar-refractivity contribution is -0.148. The molecule has 1 aromatic rings. The molecule has 1 aromatic carbocycles. The zero-order chi connectivity index (χ0) is 21.0. The summed E-state index contributed by atoms with van der Waals surface area (Å²) in [5.41, 5.74) is 1.41. The van der Waals surface area contributed by atoms with Gasteiger partial charge in [0, 0.05) is 5.57 Å². The van der Waals surface area contributed by atoms with Gasteiger partial charge >= 0.3 is 5.97 Å². The topological polar surface area (TPSA) is 26.3 Å². The smallest absolute Gasteiger partial charge is 0.333 e. The van der Waals surface area contributed by atoms with Gasteiger partial charge in [-0.2, -0.15) is 0 Å². The van der Waals surface area contributed by atoms with Crippen molar-refractivity contribution in [2.24, 2.45) is 17.8 Å². The minimum Gasteiger partial charge on any atom is -0.459 e. The Bertz CT molecular complexity index is 714. The van der Waals surface area contributed by atoms with Crippen LogP contribution >= 0.6 is 0 Å². The number of hydrogen-bond acceptors (Lipinski definition) is 2. The Morgan fingerprint density at radius 2 is 1.62 bits per heavy atom. The highest BCUT2D eigenvalue weighted by Gasteiger charge is 2.34. The fraction of sp³-hybridized carbons (Fsp3) is 0.640. The number of rotatable bonds is 6. The predicted octanol–water partition coefficient (Wildman–Crippen LogP) is 6.94. The third-order valence-electron chi connectivity index (χ3n) is 7.21. The van der Waals surface area contributed by atoms with E-state index >= 15 is 0 Å². The van der Waals surface area contributed by atoms with E-state index in [4.69, 9.17) is 4.74 Å². The van der Waals surface area contributed by atoms with Gasteiger partial charge in [0.2, 0.25) is 0 Å². The number of carbonyl (C=O) groups excluding carboxylic acids is 1. The van der Waals surface area contributed by atoms with Gasteiger partial charge in [0.05, 0.1) is 0 Å². The Labute approximate surface area is 173 Å². The molecular weight excluding hydrogens is 370 g/mol. The summed E-state index contributed by atoms with van der Waals surface area (Å²) in [7, 11) is 0. The van der Waals surface area contributed by atoms with Crippen LogP contribution < -0.4 is 0 Å². The summed E-state index contributed by atoms with van der Waals surface area (Å²) in [5.74, 6) is 0.512. The van der Waals surface area contributed by atoms with E-state index in [2.05, 4.69) is 13.5 Å². The van der Waals surface area contributed by atoms with Crippen molar-refractivity contribution in [1.82, 2.24) is 0 Å². The van der Waals surface area contributed by atoms with Crippen LogP contribution in [0.4, 0.5) is 8.78 Å². The molecule has 0 saturated heterocycles. The van der Waals surface area contributed by atoms with Crippen LogP contribution in [-0.4, -0.2) is 12.1 Å². The van der Waals surface area contributed by atoms with Crippen LogP contribution in [0.25, 0.3) is 0 Å². The molecule has 160 valence electrons. The molecule has 3 rings (SSSR count). The van der Waals surface area contributed by atoms with Crippen LogP contribution in [-0.2, 0) is 9.53 Å². The quantitative estimate of drug-likeness (QED) is 0.379. The Morgan fingerprint density at radius 1 is 1.03 bits per heavy atom. The zero-order valence-electron chi connectivity index (χ0n) is 17.8. The van der Waals surface area contributed by atoms with Crippen molar-refractivity contribution in [2.75, 3.05) is 0 Å². The molecule has 4 heteroatoms. The second-order valence-electron chi connectivity index (χ2n) is 9.09. The maximum absolute atomic E-state index is 13.5. The minimum atomic E-state index is -0.765. The van der Waals surface area contributed by atoms with Gasteiger partial charge in [-0.3, -0.25) is 0 Å². The highest BCUT2D eigenvalue weighted by Crippen LogP contribution is 2.45. The molecule has 1 atom stereocenters. The molecule has 2 fully saturated rings. The number of ether oxygens (including phenoxy) is 1. The molecule has 29 heavy (non-hydrogen) atoms. The summed E-state index contributed by atoms with van der Waals surface area (Å²) in [5, 5.41) is 0. The second kappa shape index (κ2) is 9.86. The highest BCUT2D eigenvalue weighted by atomic mass is 19.2. The molecule has 2 nitrogen and oxygen atoms in total. The number of esters is 1. The lowest BCUT2D eigenvalue weighted by atomic mass is 9.67. The van der Waals surface area contributed by atoms with Crippen LogP contribution in [0.1, 0.15) is 83.1 Å². The van der Waals surface area contributed by atoms with Crippen molar-refractivity contribution in [3.05, 3.63) is 47.5 Å². The van der Waals surface area contributed by atoms with E-state index in [1.165, 1.54) is 37.8 Å². The lowest BCUT2D eigenvalue weighted by Crippen LogP contribution is -2.32. The summed E-state index contributed by atoms with van der Waals surface area (Å²) >= 11 is 0. The third kappa shape index (κ3) is 5.46. The molecule has 0 aromatic heterocycles. The first-order chi connectivity index (χ1) is 13.9. The third-order valence-corrected chi connectivity index (χ3v) is 7.21. The van der Waals surface area contributed by atoms with Gasteiger partial charge in [-0.25, -0.2) is 13.6 Å². The van der Waals surface area contributed by atoms with E-state index in [1.807, 2.05) is 0 Å². The first kappa shape index (κ1) is 22.0. The average molecular weight is 405 g/mol. The summed E-state index contributed by atoms with van der Waals surface area (Å²) < 4.78 is 32.4. The maximum atomic E-state index is 13.5. The molecule has 0 aliphatic heterocycles. The first-order valence-corrected chi connectivity index (χ1v) is 11.2. The van der Waals surface area contributed by atoms with Gasteiger partial charge in [0.15, 0.2) is 11.6 Å². The maximum Gasteiger partial charge on any atom is 0.333 e. The van der Waals surface area contributed by atoms with Crippen LogP contribution in [0.5, 0.6) is 0 Å². The number of hydrogen-bond donors (Lipinski definition) is 0. The van der Waals surface area contributed by atoms with Gasteiger partial charge in [-0.1, -0.05) is 19.6 Å². The van der Waals surface area contributed by atoms with Crippen LogP contribution in [0, 0.1) is 29.4 Å². The van der Waals surface area contributed by atoms with E-state index in [1.54, 1.807) is 13.0 Å². The monoisotopic (exact) mass is 404 g/mol. The van der Waals surface area contributed by atoms with Gasteiger partial charge in [0.1, 0.15) is 6.10 Å².